The highest BCUT2D eigenvalue weighted by Gasteiger charge is 2.40. The zero-order valence-electron chi connectivity index (χ0n) is 15.5. The molecule has 2 unspecified atom stereocenters. The van der Waals surface area contributed by atoms with Crippen molar-refractivity contribution in [3.63, 3.8) is 0 Å². The summed E-state index contributed by atoms with van der Waals surface area (Å²) < 4.78 is 5.70. The van der Waals surface area contributed by atoms with Gasteiger partial charge in [-0.05, 0) is 69.6 Å². The van der Waals surface area contributed by atoms with Gasteiger partial charge < -0.3 is 15.5 Å². The highest BCUT2D eigenvalue weighted by molar-refractivity contribution is 5.93. The van der Waals surface area contributed by atoms with E-state index in [2.05, 4.69) is 10.3 Å². The minimum absolute atomic E-state index is 0.0694. The number of anilines is 1. The first kappa shape index (κ1) is 17.3. The summed E-state index contributed by atoms with van der Waals surface area (Å²) in [5, 5.41) is 3.10. The lowest BCUT2D eigenvalue weighted by atomic mass is 9.65. The van der Waals surface area contributed by atoms with Crippen molar-refractivity contribution in [2.45, 2.75) is 52.0 Å². The molecule has 2 saturated carbocycles. The number of carbonyl (C=O) groups excluding carboxylic acids is 1. The lowest BCUT2D eigenvalue weighted by Gasteiger charge is -2.43. The second-order valence-corrected chi connectivity index (χ2v) is 7.93. The van der Waals surface area contributed by atoms with E-state index in [4.69, 9.17) is 10.2 Å². The van der Waals surface area contributed by atoms with Crippen LogP contribution in [0.2, 0.25) is 0 Å². The molecule has 0 spiro atoms. The van der Waals surface area contributed by atoms with Crippen molar-refractivity contribution in [3.8, 4) is 11.5 Å². The van der Waals surface area contributed by atoms with Gasteiger partial charge in [-0.2, -0.15) is 0 Å². The molecule has 3 N–H and O–H groups in total. The zero-order valence-corrected chi connectivity index (χ0v) is 15.5. The van der Waals surface area contributed by atoms with Crippen LogP contribution < -0.4 is 11.1 Å². The summed E-state index contributed by atoms with van der Waals surface area (Å²) >= 11 is 0. The number of nitrogens with zero attached hydrogens (tertiary/aromatic N) is 1. The largest absolute Gasteiger partial charge is 0.441 e. The number of fused-ring (bicyclic) bond motifs is 2. The number of hydrogen-bond donors (Lipinski definition) is 2. The number of aromatic nitrogens is 1. The molecule has 0 radical (unpaired) electrons. The van der Waals surface area contributed by atoms with Gasteiger partial charge in [-0.3, -0.25) is 4.79 Å². The maximum absolute atomic E-state index is 12.8. The molecule has 2 aromatic rings. The summed E-state index contributed by atoms with van der Waals surface area (Å²) in [6, 6.07) is 8.00. The van der Waals surface area contributed by atoms with Crippen molar-refractivity contribution >= 4 is 11.6 Å². The number of oxazole rings is 1. The van der Waals surface area contributed by atoms with E-state index in [9.17, 15) is 4.79 Å². The van der Waals surface area contributed by atoms with Gasteiger partial charge in [0.05, 0.1) is 5.69 Å². The average Bonchev–Trinajstić information content (AvgIpc) is 2.94. The summed E-state index contributed by atoms with van der Waals surface area (Å²) in [4.78, 5) is 17.3. The maximum Gasteiger partial charge on any atom is 0.227 e. The Hall–Kier alpha value is -2.14. The molecule has 138 valence electrons. The first-order chi connectivity index (χ1) is 12.5. The van der Waals surface area contributed by atoms with Crippen molar-refractivity contribution in [2.75, 3.05) is 5.32 Å². The van der Waals surface area contributed by atoms with Gasteiger partial charge in [0.15, 0.2) is 0 Å². The summed E-state index contributed by atoms with van der Waals surface area (Å²) in [6.45, 7) is 3.83. The molecule has 1 aromatic heterocycles. The van der Waals surface area contributed by atoms with Crippen LogP contribution in [0.15, 0.2) is 28.7 Å². The number of benzene rings is 1. The van der Waals surface area contributed by atoms with Gasteiger partial charge >= 0.3 is 0 Å². The van der Waals surface area contributed by atoms with E-state index in [0.29, 0.717) is 17.7 Å². The van der Waals surface area contributed by atoms with Gasteiger partial charge in [0, 0.05) is 23.2 Å². The molecule has 2 bridgehead atoms. The highest BCUT2D eigenvalue weighted by atomic mass is 16.4. The second kappa shape index (κ2) is 6.88. The number of aryl methyl sites for hydroxylation is 2. The third kappa shape index (κ3) is 3.28. The Morgan fingerprint density at radius 1 is 1.23 bits per heavy atom. The van der Waals surface area contributed by atoms with Gasteiger partial charge in [0.2, 0.25) is 11.8 Å². The fourth-order valence-electron chi connectivity index (χ4n) is 4.57. The van der Waals surface area contributed by atoms with Gasteiger partial charge in [0.1, 0.15) is 5.76 Å². The fourth-order valence-corrected chi connectivity index (χ4v) is 4.57. The number of nitrogens with one attached hydrogen (secondary N) is 1. The van der Waals surface area contributed by atoms with E-state index in [1.165, 1.54) is 19.3 Å². The topological polar surface area (TPSA) is 81.2 Å². The third-order valence-corrected chi connectivity index (χ3v) is 6.19. The number of nitrogens with two attached hydrogens (primary N) is 1. The summed E-state index contributed by atoms with van der Waals surface area (Å²) in [7, 11) is 0. The zero-order chi connectivity index (χ0) is 18.3. The van der Waals surface area contributed by atoms with Gasteiger partial charge in [-0.1, -0.05) is 12.5 Å². The van der Waals surface area contributed by atoms with Crippen LogP contribution in [0.25, 0.3) is 11.5 Å². The molecule has 5 heteroatoms. The fraction of sp³-hybridized carbons (Fsp3) is 0.524. The Labute approximate surface area is 154 Å². The number of rotatable bonds is 3. The molecule has 0 saturated heterocycles. The Morgan fingerprint density at radius 3 is 2.62 bits per heavy atom. The van der Waals surface area contributed by atoms with E-state index in [0.717, 1.165) is 35.5 Å². The lowest BCUT2D eigenvalue weighted by molar-refractivity contribution is -0.122. The van der Waals surface area contributed by atoms with Crippen molar-refractivity contribution in [3.05, 3.63) is 35.7 Å². The smallest absolute Gasteiger partial charge is 0.227 e. The number of hydrogen-bond acceptors (Lipinski definition) is 4. The van der Waals surface area contributed by atoms with E-state index in [1.807, 2.05) is 38.1 Å². The monoisotopic (exact) mass is 353 g/mol. The third-order valence-electron chi connectivity index (χ3n) is 6.19. The van der Waals surface area contributed by atoms with Crippen LogP contribution in [-0.4, -0.2) is 16.9 Å². The van der Waals surface area contributed by atoms with Crippen LogP contribution in [0, 0.1) is 31.6 Å². The first-order valence-corrected chi connectivity index (χ1v) is 9.62. The van der Waals surface area contributed by atoms with Crippen molar-refractivity contribution < 1.29 is 9.21 Å². The van der Waals surface area contributed by atoms with Gasteiger partial charge in [0.25, 0.3) is 0 Å². The summed E-state index contributed by atoms with van der Waals surface area (Å²) in [5.74, 6) is 2.60. The summed E-state index contributed by atoms with van der Waals surface area (Å²) in [6.07, 6.45) is 5.43. The number of carbonyl (C=O) groups is 1. The van der Waals surface area contributed by atoms with Crippen LogP contribution in [0.5, 0.6) is 0 Å². The standard InChI is InChI=1S/C21H27N3O2/c1-12-13(2)26-21(23-12)16-7-4-8-18(11-16)24-20(25)17-9-14-5-3-6-15(10-17)19(14)22/h4,7-8,11,14-15,17,19H,3,5-6,9-10,22H2,1-2H3,(H,24,25). The second-order valence-electron chi connectivity index (χ2n) is 7.93. The molecular weight excluding hydrogens is 326 g/mol. The predicted molar refractivity (Wildman–Crippen MR) is 102 cm³/mol. The van der Waals surface area contributed by atoms with Crippen molar-refractivity contribution in [1.29, 1.82) is 0 Å². The molecule has 2 aliphatic rings. The SMILES string of the molecule is Cc1nc(-c2cccc(NC(=O)C3CC4CCCC(C3)C4N)c2)oc1C. The Morgan fingerprint density at radius 2 is 1.96 bits per heavy atom. The van der Waals surface area contributed by atoms with Gasteiger partial charge in [-0.15, -0.1) is 0 Å². The van der Waals surface area contributed by atoms with E-state index in [1.54, 1.807) is 0 Å². The number of amides is 1. The molecule has 2 aliphatic carbocycles. The lowest BCUT2D eigenvalue weighted by Crippen LogP contribution is -2.48. The molecule has 26 heavy (non-hydrogen) atoms. The maximum atomic E-state index is 12.8. The molecule has 0 aliphatic heterocycles. The quantitative estimate of drug-likeness (QED) is 0.872. The molecule has 1 aromatic carbocycles. The van der Waals surface area contributed by atoms with E-state index < -0.39 is 0 Å². The Balaban J connectivity index is 1.47. The van der Waals surface area contributed by atoms with E-state index in [-0.39, 0.29) is 17.9 Å². The van der Waals surface area contributed by atoms with Crippen LogP contribution in [-0.2, 0) is 4.79 Å². The predicted octanol–water partition coefficient (Wildman–Crippen LogP) is 4.05. The van der Waals surface area contributed by atoms with Gasteiger partial charge in [-0.25, -0.2) is 4.98 Å². The molecule has 1 heterocycles. The van der Waals surface area contributed by atoms with Crippen LogP contribution in [0.1, 0.15) is 43.6 Å². The molecule has 1 amide bonds. The molecule has 2 atom stereocenters. The minimum atomic E-state index is 0.0694. The molecule has 4 rings (SSSR count). The van der Waals surface area contributed by atoms with Crippen LogP contribution in [0.4, 0.5) is 5.69 Å². The Kier molecular flexibility index (Phi) is 4.57. The Bertz CT molecular complexity index is 780. The first-order valence-electron chi connectivity index (χ1n) is 9.62. The van der Waals surface area contributed by atoms with Crippen molar-refractivity contribution in [2.24, 2.45) is 23.5 Å². The molecular formula is C21H27N3O2. The van der Waals surface area contributed by atoms with Crippen molar-refractivity contribution in [1.82, 2.24) is 4.98 Å². The highest BCUT2D eigenvalue weighted by Crippen LogP contribution is 2.42. The minimum Gasteiger partial charge on any atom is -0.441 e. The van der Waals surface area contributed by atoms with E-state index >= 15 is 0 Å². The molecule has 2 fully saturated rings. The average molecular weight is 353 g/mol. The van der Waals surface area contributed by atoms with Crippen LogP contribution in [0.3, 0.4) is 0 Å². The normalized spacial score (nSPS) is 28.0. The summed E-state index contributed by atoms with van der Waals surface area (Å²) in [5.41, 5.74) is 8.91. The molecule has 5 nitrogen and oxygen atoms in total. The van der Waals surface area contributed by atoms with Crippen LogP contribution >= 0.6 is 0 Å².